The highest BCUT2D eigenvalue weighted by Crippen LogP contribution is 2.12. The van der Waals surface area contributed by atoms with Gasteiger partial charge in [-0.3, -0.25) is 0 Å². The number of rotatable bonds is 5. The van der Waals surface area contributed by atoms with E-state index in [0.717, 1.165) is 10.9 Å². The molecule has 0 atom stereocenters. The predicted molar refractivity (Wildman–Crippen MR) is 87.6 cm³/mol. The molecule has 3 rings (SSSR count). The SMILES string of the molecule is CN(CCOc1ncc2ccccc2n1)c1ncccn1.Cl. The highest BCUT2D eigenvalue weighted by Gasteiger charge is 2.04. The van der Waals surface area contributed by atoms with Gasteiger partial charge in [0, 0.05) is 31.0 Å². The minimum absolute atomic E-state index is 0. The van der Waals surface area contributed by atoms with E-state index in [4.69, 9.17) is 4.74 Å². The van der Waals surface area contributed by atoms with Gasteiger partial charge in [-0.1, -0.05) is 18.2 Å². The van der Waals surface area contributed by atoms with Gasteiger partial charge in [0.1, 0.15) is 6.61 Å². The number of likely N-dealkylation sites (N-methyl/N-ethyl adjacent to an activating group) is 1. The molecule has 0 aliphatic rings. The van der Waals surface area contributed by atoms with Crippen molar-refractivity contribution >= 4 is 29.3 Å². The van der Waals surface area contributed by atoms with Crippen LogP contribution in [0.4, 0.5) is 5.95 Å². The van der Waals surface area contributed by atoms with E-state index in [1.165, 1.54) is 0 Å². The number of hydrogen-bond donors (Lipinski definition) is 0. The van der Waals surface area contributed by atoms with Crippen LogP contribution in [0.25, 0.3) is 10.9 Å². The topological polar surface area (TPSA) is 64.0 Å². The Morgan fingerprint density at radius 1 is 1.05 bits per heavy atom. The number of aromatic nitrogens is 4. The van der Waals surface area contributed by atoms with E-state index in [2.05, 4.69) is 19.9 Å². The summed E-state index contributed by atoms with van der Waals surface area (Å²) >= 11 is 0. The predicted octanol–water partition coefficient (Wildman–Crippen LogP) is 2.36. The van der Waals surface area contributed by atoms with Gasteiger partial charge >= 0.3 is 6.01 Å². The first-order valence-corrected chi connectivity index (χ1v) is 6.66. The van der Waals surface area contributed by atoms with Crippen molar-refractivity contribution in [1.82, 2.24) is 19.9 Å². The molecule has 2 aromatic heterocycles. The van der Waals surface area contributed by atoms with Crippen molar-refractivity contribution < 1.29 is 4.74 Å². The van der Waals surface area contributed by atoms with Gasteiger partial charge in [0.05, 0.1) is 12.1 Å². The fourth-order valence-electron chi connectivity index (χ4n) is 1.89. The summed E-state index contributed by atoms with van der Waals surface area (Å²) < 4.78 is 5.59. The van der Waals surface area contributed by atoms with Gasteiger partial charge in [0.25, 0.3) is 0 Å². The fourth-order valence-corrected chi connectivity index (χ4v) is 1.89. The molecular formula is C15H16ClN5O. The maximum absolute atomic E-state index is 5.59. The largest absolute Gasteiger partial charge is 0.462 e. The van der Waals surface area contributed by atoms with Crippen LogP contribution >= 0.6 is 12.4 Å². The van der Waals surface area contributed by atoms with Crippen LogP contribution in [0.1, 0.15) is 0 Å². The summed E-state index contributed by atoms with van der Waals surface area (Å²) in [4.78, 5) is 18.8. The number of ether oxygens (including phenoxy) is 1. The van der Waals surface area contributed by atoms with Crippen molar-refractivity contribution in [2.24, 2.45) is 0 Å². The van der Waals surface area contributed by atoms with Crippen LogP contribution in [0.5, 0.6) is 6.01 Å². The van der Waals surface area contributed by atoms with Crippen LogP contribution in [-0.2, 0) is 0 Å². The molecule has 0 N–H and O–H groups in total. The third-order valence-electron chi connectivity index (χ3n) is 3.02. The second-order valence-corrected chi connectivity index (χ2v) is 4.53. The highest BCUT2D eigenvalue weighted by molar-refractivity contribution is 5.85. The first kappa shape index (κ1) is 15.9. The van der Waals surface area contributed by atoms with Crippen LogP contribution < -0.4 is 9.64 Å². The molecule has 2 heterocycles. The lowest BCUT2D eigenvalue weighted by atomic mass is 10.2. The van der Waals surface area contributed by atoms with Gasteiger partial charge in [-0.2, -0.15) is 4.98 Å². The number of para-hydroxylation sites is 1. The van der Waals surface area contributed by atoms with Crippen LogP contribution in [0.2, 0.25) is 0 Å². The molecule has 114 valence electrons. The number of halogens is 1. The molecule has 1 aromatic carbocycles. The lowest BCUT2D eigenvalue weighted by Crippen LogP contribution is -2.25. The molecule has 0 fully saturated rings. The van der Waals surface area contributed by atoms with E-state index in [-0.39, 0.29) is 12.4 Å². The van der Waals surface area contributed by atoms with Gasteiger partial charge in [-0.05, 0) is 12.1 Å². The van der Waals surface area contributed by atoms with Gasteiger partial charge in [-0.25, -0.2) is 15.0 Å². The summed E-state index contributed by atoms with van der Waals surface area (Å²) in [5.41, 5.74) is 0.877. The van der Waals surface area contributed by atoms with Crippen LogP contribution in [-0.4, -0.2) is 40.1 Å². The fraction of sp³-hybridized carbons (Fsp3) is 0.200. The van der Waals surface area contributed by atoms with Gasteiger partial charge in [0.15, 0.2) is 0 Å². The molecule has 0 amide bonds. The number of hydrogen-bond acceptors (Lipinski definition) is 6. The molecule has 0 aliphatic heterocycles. The maximum Gasteiger partial charge on any atom is 0.316 e. The highest BCUT2D eigenvalue weighted by atomic mass is 35.5. The average molecular weight is 318 g/mol. The Labute approximate surface area is 134 Å². The molecule has 7 heteroatoms. The first-order valence-electron chi connectivity index (χ1n) is 6.66. The summed E-state index contributed by atoms with van der Waals surface area (Å²) in [6.45, 7) is 1.12. The molecule has 0 aliphatic carbocycles. The molecule has 0 unspecified atom stereocenters. The Hall–Kier alpha value is -2.47. The minimum atomic E-state index is 0. The third kappa shape index (κ3) is 3.79. The smallest absolute Gasteiger partial charge is 0.316 e. The molecule has 6 nitrogen and oxygen atoms in total. The van der Waals surface area contributed by atoms with Crippen molar-refractivity contribution in [3.8, 4) is 6.01 Å². The third-order valence-corrected chi connectivity index (χ3v) is 3.02. The standard InChI is InChI=1S/C15H15N5O.ClH/c1-20(14-16-7-4-8-17-14)9-10-21-15-18-11-12-5-2-3-6-13(12)19-15;/h2-8,11H,9-10H2,1H3;1H. The molecule has 0 radical (unpaired) electrons. The molecule has 0 bridgehead atoms. The summed E-state index contributed by atoms with van der Waals surface area (Å²) in [7, 11) is 1.92. The quantitative estimate of drug-likeness (QED) is 0.720. The van der Waals surface area contributed by atoms with E-state index in [1.54, 1.807) is 24.7 Å². The maximum atomic E-state index is 5.59. The van der Waals surface area contributed by atoms with E-state index >= 15 is 0 Å². The Balaban J connectivity index is 0.00000176. The molecule has 22 heavy (non-hydrogen) atoms. The van der Waals surface area contributed by atoms with E-state index in [0.29, 0.717) is 25.1 Å². The zero-order valence-corrected chi connectivity index (χ0v) is 12.9. The molecular weight excluding hydrogens is 302 g/mol. The van der Waals surface area contributed by atoms with Crippen LogP contribution in [0.3, 0.4) is 0 Å². The van der Waals surface area contributed by atoms with Gasteiger partial charge in [0.2, 0.25) is 5.95 Å². The number of fused-ring (bicyclic) bond motifs is 1. The Bertz CT molecular complexity index is 725. The summed E-state index contributed by atoms with van der Waals surface area (Å²) in [5.74, 6) is 0.667. The zero-order valence-electron chi connectivity index (χ0n) is 12.1. The van der Waals surface area contributed by atoms with Crippen molar-refractivity contribution in [3.63, 3.8) is 0 Å². The second kappa shape index (κ2) is 7.51. The average Bonchev–Trinajstić information content (AvgIpc) is 2.55. The lowest BCUT2D eigenvalue weighted by molar-refractivity contribution is 0.301. The van der Waals surface area contributed by atoms with E-state index < -0.39 is 0 Å². The Morgan fingerprint density at radius 2 is 1.82 bits per heavy atom. The molecule has 0 spiro atoms. The van der Waals surface area contributed by atoms with Crippen LogP contribution in [0.15, 0.2) is 48.9 Å². The van der Waals surface area contributed by atoms with E-state index in [9.17, 15) is 0 Å². The summed E-state index contributed by atoms with van der Waals surface area (Å²) in [5, 5.41) is 1.000. The van der Waals surface area contributed by atoms with Crippen molar-refractivity contribution in [3.05, 3.63) is 48.9 Å². The van der Waals surface area contributed by atoms with Gasteiger partial charge < -0.3 is 9.64 Å². The van der Waals surface area contributed by atoms with Crippen molar-refractivity contribution in [2.45, 2.75) is 0 Å². The number of anilines is 1. The Morgan fingerprint density at radius 3 is 2.64 bits per heavy atom. The lowest BCUT2D eigenvalue weighted by Gasteiger charge is -2.16. The van der Waals surface area contributed by atoms with Crippen LogP contribution in [0, 0.1) is 0 Å². The van der Waals surface area contributed by atoms with Crippen molar-refractivity contribution in [1.29, 1.82) is 0 Å². The molecule has 3 aromatic rings. The number of benzene rings is 1. The molecule has 0 saturated carbocycles. The zero-order chi connectivity index (χ0) is 14.5. The Kier molecular flexibility index (Phi) is 5.43. The summed E-state index contributed by atoms with van der Waals surface area (Å²) in [6.07, 6.45) is 5.19. The minimum Gasteiger partial charge on any atom is -0.462 e. The van der Waals surface area contributed by atoms with E-state index in [1.807, 2.05) is 36.2 Å². The van der Waals surface area contributed by atoms with Gasteiger partial charge in [-0.15, -0.1) is 12.4 Å². The van der Waals surface area contributed by atoms with Crippen molar-refractivity contribution in [2.75, 3.05) is 25.1 Å². The first-order chi connectivity index (χ1) is 10.3. The normalized spacial score (nSPS) is 10.0. The number of nitrogens with zero attached hydrogens (tertiary/aromatic N) is 5. The second-order valence-electron chi connectivity index (χ2n) is 4.53. The summed E-state index contributed by atoms with van der Waals surface area (Å²) in [6, 6.07) is 9.99. The molecule has 0 saturated heterocycles. The monoisotopic (exact) mass is 317 g/mol.